The van der Waals surface area contributed by atoms with E-state index in [1.807, 2.05) is 0 Å². The Bertz CT molecular complexity index is 263. The van der Waals surface area contributed by atoms with Crippen LogP contribution in [-0.4, -0.2) is 61.4 Å². The van der Waals surface area contributed by atoms with Crippen molar-refractivity contribution in [2.75, 3.05) is 26.4 Å². The van der Waals surface area contributed by atoms with Gasteiger partial charge in [-0.15, -0.1) is 0 Å². The van der Waals surface area contributed by atoms with Gasteiger partial charge in [-0.1, -0.05) is 0 Å². The van der Waals surface area contributed by atoms with Gasteiger partial charge in [-0.25, -0.2) is 0 Å². The largest absolute Gasteiger partial charge is 0.390 e. The zero-order valence-electron chi connectivity index (χ0n) is 10.2. The molecule has 0 bridgehead atoms. The van der Waals surface area contributed by atoms with E-state index in [0.29, 0.717) is 13.2 Å². The molecule has 2 N–H and O–H groups in total. The van der Waals surface area contributed by atoms with Gasteiger partial charge in [0.25, 0.3) is 0 Å². The predicted octanol–water partition coefficient (Wildman–Crippen LogP) is -0.274. The molecule has 18 heavy (non-hydrogen) atoms. The molecule has 0 unspecified atom stereocenters. The molecule has 6 nitrogen and oxygen atoms in total. The highest BCUT2D eigenvalue weighted by Gasteiger charge is 2.41. The van der Waals surface area contributed by atoms with Crippen LogP contribution < -0.4 is 0 Å². The van der Waals surface area contributed by atoms with Crippen molar-refractivity contribution >= 4 is 0 Å². The predicted molar refractivity (Wildman–Crippen MR) is 61.7 cm³/mol. The fraction of sp³-hybridized carbons (Fsp3) is 1.00. The summed E-state index contributed by atoms with van der Waals surface area (Å²) in [6.45, 7) is 2.39. The van der Waals surface area contributed by atoms with Crippen LogP contribution in [0.4, 0.5) is 0 Å². The van der Waals surface area contributed by atoms with E-state index < -0.39 is 0 Å². The summed E-state index contributed by atoms with van der Waals surface area (Å²) in [4.78, 5) is 0. The quantitative estimate of drug-likeness (QED) is 0.626. The maximum atomic E-state index is 9.19. The first kappa shape index (κ1) is 12.8. The van der Waals surface area contributed by atoms with Crippen molar-refractivity contribution in [3.63, 3.8) is 0 Å². The molecule has 0 aromatic heterocycles. The van der Waals surface area contributed by atoms with E-state index in [0.717, 1.165) is 26.1 Å². The number of aliphatic hydroxyl groups excluding tert-OH is 2. The fourth-order valence-corrected chi connectivity index (χ4v) is 2.88. The van der Waals surface area contributed by atoms with Crippen molar-refractivity contribution in [2.45, 2.75) is 37.6 Å². The van der Waals surface area contributed by atoms with Crippen LogP contribution >= 0.6 is 0 Å². The first-order chi connectivity index (χ1) is 8.75. The zero-order valence-corrected chi connectivity index (χ0v) is 10.2. The fourth-order valence-electron chi connectivity index (χ4n) is 2.88. The highest BCUT2D eigenvalue weighted by atomic mass is 16.7. The lowest BCUT2D eigenvalue weighted by Gasteiger charge is -2.06. The van der Waals surface area contributed by atoms with E-state index in [9.17, 15) is 10.2 Å². The van der Waals surface area contributed by atoms with Crippen LogP contribution in [0.15, 0.2) is 0 Å². The Morgan fingerprint density at radius 2 is 1.17 bits per heavy atom. The maximum Gasteiger partial charge on any atom is 0.163 e. The van der Waals surface area contributed by atoms with Crippen LogP contribution in [0.1, 0.15) is 14.3 Å². The Kier molecular flexibility index (Phi) is 3.83. The molecule has 0 aromatic rings. The third kappa shape index (κ3) is 2.41. The summed E-state index contributed by atoms with van der Waals surface area (Å²) < 4.78 is 20.6. The molecule has 0 saturated carbocycles. The van der Waals surface area contributed by atoms with Crippen molar-refractivity contribution in [3.8, 4) is 0 Å². The summed E-state index contributed by atoms with van der Waals surface area (Å²) in [5.41, 5.74) is 0. The molecule has 4 aliphatic rings. The summed E-state index contributed by atoms with van der Waals surface area (Å²) in [7, 11) is 0. The van der Waals surface area contributed by atoms with Crippen LogP contribution in [0.25, 0.3) is 0 Å². The Morgan fingerprint density at radius 1 is 0.722 bits per heavy atom. The van der Waals surface area contributed by atoms with E-state index in [4.69, 9.17) is 18.9 Å². The molecular weight excluding hydrogens is 240 g/mol. The van der Waals surface area contributed by atoms with E-state index >= 15 is 0 Å². The van der Waals surface area contributed by atoms with Gasteiger partial charge in [-0.3, -0.25) is 0 Å². The molecular formula is C12H22O6. The minimum atomic E-state index is -0.280. The van der Waals surface area contributed by atoms with Crippen LogP contribution in [0, 0.1) is 11.8 Å². The highest BCUT2D eigenvalue weighted by Crippen LogP contribution is 2.31. The third-order valence-corrected chi connectivity index (χ3v) is 4.02. The van der Waals surface area contributed by atoms with Crippen molar-refractivity contribution in [1.29, 1.82) is 0 Å². The first-order valence-corrected chi connectivity index (χ1v) is 6.58. The molecule has 4 rings (SSSR count). The van der Waals surface area contributed by atoms with Crippen LogP contribution in [0.5, 0.6) is 0 Å². The van der Waals surface area contributed by atoms with Gasteiger partial charge in [0.15, 0.2) is 12.6 Å². The molecule has 6 atom stereocenters. The van der Waals surface area contributed by atoms with Gasteiger partial charge in [0, 0.05) is 13.3 Å². The van der Waals surface area contributed by atoms with Gasteiger partial charge in [-0.05, 0) is 12.8 Å². The number of rotatable bonds is 0. The lowest BCUT2D eigenvalue weighted by molar-refractivity contribution is -0.0909. The molecule has 0 spiro atoms. The molecule has 0 radical (unpaired) electrons. The molecule has 4 aliphatic heterocycles. The second-order valence-electron chi connectivity index (χ2n) is 5.18. The van der Waals surface area contributed by atoms with Crippen LogP contribution in [0.3, 0.4) is 0 Å². The maximum absolute atomic E-state index is 9.19. The molecule has 106 valence electrons. The number of aliphatic hydroxyl groups is 2. The van der Waals surface area contributed by atoms with Gasteiger partial charge < -0.3 is 29.2 Å². The summed E-state index contributed by atoms with van der Waals surface area (Å²) in [6.07, 6.45) is 1.15. The second kappa shape index (κ2) is 5.40. The van der Waals surface area contributed by atoms with Crippen LogP contribution in [0.2, 0.25) is 0 Å². The number of fused-ring (bicyclic) bond motifs is 2. The Hall–Kier alpha value is -0.240. The molecule has 4 heterocycles. The first-order valence-electron chi connectivity index (χ1n) is 6.58. The van der Waals surface area contributed by atoms with Gasteiger partial charge >= 0.3 is 0 Å². The van der Waals surface area contributed by atoms with Gasteiger partial charge in [0.2, 0.25) is 0 Å². The van der Waals surface area contributed by atoms with E-state index in [1.165, 1.54) is 0 Å². The van der Waals surface area contributed by atoms with Gasteiger partial charge in [-0.2, -0.15) is 0 Å². The van der Waals surface area contributed by atoms with Crippen molar-refractivity contribution in [1.82, 2.24) is 0 Å². The molecule has 4 fully saturated rings. The third-order valence-electron chi connectivity index (χ3n) is 4.02. The zero-order chi connectivity index (χ0) is 12.5. The highest BCUT2D eigenvalue weighted by molar-refractivity contribution is 4.82. The Morgan fingerprint density at radius 3 is 1.56 bits per heavy atom. The number of ether oxygens (including phenoxy) is 4. The van der Waals surface area contributed by atoms with E-state index in [-0.39, 0.29) is 38.1 Å². The molecule has 0 amide bonds. The second-order valence-corrected chi connectivity index (χ2v) is 5.18. The number of hydrogen-bond acceptors (Lipinski definition) is 6. The SMILES string of the molecule is O[C@@H]1CO[C@H]2OCC[C@H]21.O[C@H]1CO[C@@H]2OCC[C@@H]21.[2HH]. The van der Waals surface area contributed by atoms with Gasteiger partial charge in [0.05, 0.1) is 38.6 Å². The van der Waals surface area contributed by atoms with E-state index in [2.05, 4.69) is 0 Å². The smallest absolute Gasteiger partial charge is 0.163 e. The number of hydrogen-bond donors (Lipinski definition) is 2. The average Bonchev–Trinajstić information content (AvgIpc) is 3.06. The van der Waals surface area contributed by atoms with Gasteiger partial charge in [0.1, 0.15) is 0 Å². The minimum absolute atomic E-state index is 0. The lowest BCUT2D eigenvalue weighted by Crippen LogP contribution is -2.18. The van der Waals surface area contributed by atoms with E-state index in [1.54, 1.807) is 0 Å². The topological polar surface area (TPSA) is 77.4 Å². The molecule has 4 saturated heterocycles. The summed E-state index contributed by atoms with van der Waals surface area (Å²) >= 11 is 0. The molecule has 0 aliphatic carbocycles. The Labute approximate surface area is 107 Å². The summed E-state index contributed by atoms with van der Waals surface area (Å²) in [5, 5.41) is 18.4. The minimum Gasteiger partial charge on any atom is -0.390 e. The monoisotopic (exact) mass is 263 g/mol. The van der Waals surface area contributed by atoms with Crippen molar-refractivity contribution < 1.29 is 30.6 Å². The lowest BCUT2D eigenvalue weighted by atomic mass is 10.0. The van der Waals surface area contributed by atoms with Crippen LogP contribution in [-0.2, 0) is 18.9 Å². The standard InChI is InChI=1S/2C6H10O3.H2/c2*7-5-3-9-6-4(5)1-2-8-6;/h2*4-7H,1-3H2;1H/t2*4-,5+,6+;/m10./s1/i;;1+1. The van der Waals surface area contributed by atoms with Crippen molar-refractivity contribution in [3.05, 3.63) is 0 Å². The molecule has 0 aromatic carbocycles. The van der Waals surface area contributed by atoms with Crippen molar-refractivity contribution in [2.24, 2.45) is 11.8 Å². The average molecular weight is 263 g/mol. The Balaban J connectivity index is 0.000000133. The summed E-state index contributed by atoms with van der Waals surface area (Å²) in [5.74, 6) is 0.509. The summed E-state index contributed by atoms with van der Waals surface area (Å²) in [6, 6.07) is 0. The normalized spacial score (nSPS) is 49.7. The molecule has 6 heteroatoms.